The average molecular weight is 582 g/mol. The van der Waals surface area contributed by atoms with E-state index in [4.69, 9.17) is 16.3 Å². The van der Waals surface area contributed by atoms with Gasteiger partial charge in [-0.25, -0.2) is 14.3 Å². The summed E-state index contributed by atoms with van der Waals surface area (Å²) >= 11 is 1.98. The van der Waals surface area contributed by atoms with Crippen molar-refractivity contribution >= 4 is 55.6 Å². The molecule has 1 saturated heterocycles. The van der Waals surface area contributed by atoms with Crippen molar-refractivity contribution in [2.45, 2.75) is 8.82 Å². The van der Waals surface area contributed by atoms with Crippen LogP contribution >= 0.6 is 22.6 Å². The molecule has 0 aliphatic carbocycles. The third kappa shape index (κ3) is 4.63. The predicted octanol–water partition coefficient (Wildman–Crippen LogP) is 1.33. The second-order valence-corrected chi connectivity index (χ2v) is 10.9. The van der Waals surface area contributed by atoms with Gasteiger partial charge in [0.2, 0.25) is 11.8 Å². The topological polar surface area (TPSA) is 136 Å². The van der Waals surface area contributed by atoms with Crippen LogP contribution in [0.2, 0.25) is 0 Å². The quantitative estimate of drug-likeness (QED) is 0.235. The van der Waals surface area contributed by atoms with E-state index in [9.17, 15) is 18.0 Å². The van der Waals surface area contributed by atoms with E-state index in [2.05, 4.69) is 0 Å². The monoisotopic (exact) mass is 582 g/mol. The van der Waals surface area contributed by atoms with Gasteiger partial charge in [0.25, 0.3) is 0 Å². The summed E-state index contributed by atoms with van der Waals surface area (Å²) in [5.41, 5.74) is 7.33. The van der Waals surface area contributed by atoms with Gasteiger partial charge in [-0.3, -0.25) is 14.6 Å². The molecule has 174 valence electrons. The van der Waals surface area contributed by atoms with Crippen LogP contribution in [0.25, 0.3) is 5.70 Å². The van der Waals surface area contributed by atoms with Crippen LogP contribution in [0, 0.1) is 0 Å². The fraction of sp³-hybridized carbons (Fsp3) is 0.273. The first kappa shape index (κ1) is 23.7. The van der Waals surface area contributed by atoms with Crippen LogP contribution in [0.3, 0.4) is 0 Å². The maximum Gasteiger partial charge on any atom is 0.248 e. The van der Waals surface area contributed by atoms with Crippen molar-refractivity contribution in [2.24, 2.45) is 11.6 Å². The molecule has 1 unspecified atom stereocenters. The van der Waals surface area contributed by atoms with Crippen LogP contribution < -0.4 is 16.6 Å². The van der Waals surface area contributed by atoms with Gasteiger partial charge >= 0.3 is 0 Å². The molecule has 2 amide bonds. The molecule has 9 nitrogen and oxygen atoms in total. The number of nitrogens with two attached hydrogens (primary N) is 2. The molecule has 4 N–H and O–H groups in total. The Bertz CT molecular complexity index is 1240. The first-order valence-electron chi connectivity index (χ1n) is 10.2. The van der Waals surface area contributed by atoms with E-state index in [1.807, 2.05) is 22.6 Å². The van der Waals surface area contributed by atoms with Gasteiger partial charge in [-0.05, 0) is 29.8 Å². The number of alkyl halides is 1. The first-order chi connectivity index (χ1) is 15.7. The zero-order valence-electron chi connectivity index (χ0n) is 17.6. The second-order valence-electron chi connectivity index (χ2n) is 7.71. The van der Waals surface area contributed by atoms with Crippen molar-refractivity contribution in [3.63, 3.8) is 0 Å². The Morgan fingerprint density at radius 3 is 2.48 bits per heavy atom. The van der Waals surface area contributed by atoms with Gasteiger partial charge in [-0.2, -0.15) is 0 Å². The number of fused-ring (bicyclic) bond motifs is 1. The summed E-state index contributed by atoms with van der Waals surface area (Å²) in [6.07, 6.45) is 0. The van der Waals surface area contributed by atoms with Gasteiger partial charge in [0.05, 0.1) is 35.2 Å². The highest BCUT2D eigenvalue weighted by Gasteiger charge is 2.38. The number of anilines is 1. The molecule has 0 bridgehead atoms. The molecule has 2 aromatic rings. The molecule has 2 aliphatic heterocycles. The van der Waals surface area contributed by atoms with Crippen molar-refractivity contribution < 1.29 is 22.7 Å². The third-order valence-electron chi connectivity index (χ3n) is 5.62. The number of hydrazine groups is 1. The van der Waals surface area contributed by atoms with Crippen LogP contribution in [0.15, 0.2) is 59.0 Å². The smallest absolute Gasteiger partial charge is 0.248 e. The van der Waals surface area contributed by atoms with Crippen LogP contribution in [-0.4, -0.2) is 61.1 Å². The van der Waals surface area contributed by atoms with Crippen LogP contribution in [-0.2, 0) is 19.4 Å². The number of primary amides is 1. The lowest BCUT2D eigenvalue weighted by atomic mass is 10.0. The SMILES string of the molecule is NC(=O)c1cccc(N(N)C2=C(C(I)C(=O)N3CCOCC3)CS(=O)(=O)c3ccccc32)c1. The predicted molar refractivity (Wildman–Crippen MR) is 132 cm³/mol. The number of hydrogen-bond donors (Lipinski definition) is 2. The highest BCUT2D eigenvalue weighted by Crippen LogP contribution is 2.39. The number of hydrogen-bond acceptors (Lipinski definition) is 7. The maximum atomic E-state index is 13.3. The molecular weight excluding hydrogens is 559 g/mol. The highest BCUT2D eigenvalue weighted by molar-refractivity contribution is 14.1. The number of rotatable bonds is 5. The fourth-order valence-electron chi connectivity index (χ4n) is 3.97. The summed E-state index contributed by atoms with van der Waals surface area (Å²) in [7, 11) is -3.69. The molecule has 0 spiro atoms. The minimum atomic E-state index is -3.69. The Balaban J connectivity index is 1.87. The number of ether oxygens (including phenoxy) is 1. The van der Waals surface area contributed by atoms with Gasteiger partial charge < -0.3 is 15.4 Å². The molecule has 2 heterocycles. The summed E-state index contributed by atoms with van der Waals surface area (Å²) in [5.74, 6) is 5.38. The van der Waals surface area contributed by atoms with Crippen LogP contribution in [0.5, 0.6) is 0 Å². The van der Waals surface area contributed by atoms with E-state index in [0.717, 1.165) is 0 Å². The number of sulfone groups is 1. The minimum absolute atomic E-state index is 0.146. The molecule has 0 aromatic heterocycles. The standard InChI is InChI=1S/C22H23IN4O5S/c23-19(22(29)26-8-10-32-11-9-26)17-13-33(30,31)18-7-2-1-6-16(18)20(17)27(25)15-5-3-4-14(12-15)21(24)28/h1-7,12,19H,8-11,13,25H2,(H2,24,28). The fourth-order valence-corrected chi connectivity index (χ4v) is 6.83. The van der Waals surface area contributed by atoms with Crippen molar-refractivity contribution in [1.82, 2.24) is 4.90 Å². The number of carbonyl (C=O) groups is 2. The zero-order valence-corrected chi connectivity index (χ0v) is 20.6. The van der Waals surface area contributed by atoms with Gasteiger partial charge in [0.15, 0.2) is 9.84 Å². The number of amides is 2. The Morgan fingerprint density at radius 2 is 1.79 bits per heavy atom. The number of nitrogens with zero attached hydrogens (tertiary/aromatic N) is 2. The Kier molecular flexibility index (Phi) is 6.75. The van der Waals surface area contributed by atoms with E-state index in [1.54, 1.807) is 41.3 Å². The van der Waals surface area contributed by atoms with E-state index < -0.39 is 19.7 Å². The molecule has 0 radical (unpaired) electrons. The molecule has 1 atom stereocenters. The summed E-state index contributed by atoms with van der Waals surface area (Å²) in [4.78, 5) is 26.8. The normalized spacial score (nSPS) is 18.4. The van der Waals surface area contributed by atoms with Gasteiger partial charge in [-0.15, -0.1) is 0 Å². The average Bonchev–Trinajstić information content (AvgIpc) is 2.83. The van der Waals surface area contributed by atoms with Crippen molar-refractivity contribution in [2.75, 3.05) is 37.1 Å². The molecular formula is C22H23IN4O5S. The number of halogens is 1. The maximum absolute atomic E-state index is 13.3. The lowest BCUT2D eigenvalue weighted by molar-refractivity contribution is -0.133. The second kappa shape index (κ2) is 9.41. The molecule has 2 aromatic carbocycles. The Labute approximate surface area is 205 Å². The lowest BCUT2D eigenvalue weighted by Crippen LogP contribution is -2.46. The summed E-state index contributed by atoms with van der Waals surface area (Å²) in [6, 6.07) is 13.0. The molecule has 33 heavy (non-hydrogen) atoms. The zero-order chi connectivity index (χ0) is 23.8. The number of carbonyl (C=O) groups excluding carboxylic acids is 2. The van der Waals surface area contributed by atoms with Gasteiger partial charge in [0, 0.05) is 24.2 Å². The number of benzene rings is 2. The van der Waals surface area contributed by atoms with Crippen LogP contribution in [0.1, 0.15) is 15.9 Å². The summed E-state index contributed by atoms with van der Waals surface area (Å²) in [5, 5.41) is 1.33. The van der Waals surface area contributed by atoms with Crippen molar-refractivity contribution in [1.29, 1.82) is 0 Å². The minimum Gasteiger partial charge on any atom is -0.378 e. The molecule has 0 saturated carbocycles. The molecule has 4 rings (SSSR count). The molecule has 11 heteroatoms. The van der Waals surface area contributed by atoms with E-state index in [0.29, 0.717) is 48.8 Å². The number of morpholine rings is 1. The Hall–Kier alpha value is -2.48. The molecule has 1 fully saturated rings. The van der Waals surface area contributed by atoms with E-state index in [-0.39, 0.29) is 22.1 Å². The summed E-state index contributed by atoms with van der Waals surface area (Å²) < 4.78 is 30.8. The van der Waals surface area contributed by atoms with Crippen molar-refractivity contribution in [3.8, 4) is 0 Å². The first-order valence-corrected chi connectivity index (χ1v) is 13.1. The van der Waals surface area contributed by atoms with Gasteiger partial charge in [0.1, 0.15) is 3.92 Å². The van der Waals surface area contributed by atoms with Crippen molar-refractivity contribution in [3.05, 3.63) is 65.2 Å². The Morgan fingerprint density at radius 1 is 1.09 bits per heavy atom. The largest absolute Gasteiger partial charge is 0.378 e. The van der Waals surface area contributed by atoms with Gasteiger partial charge in [-0.1, -0.05) is 46.9 Å². The summed E-state index contributed by atoms with van der Waals surface area (Å²) in [6.45, 7) is 1.75. The highest BCUT2D eigenvalue weighted by atomic mass is 127. The third-order valence-corrected chi connectivity index (χ3v) is 8.62. The molecule has 2 aliphatic rings. The van der Waals surface area contributed by atoms with Crippen LogP contribution in [0.4, 0.5) is 5.69 Å². The van der Waals surface area contributed by atoms with E-state index >= 15 is 0 Å². The lowest BCUT2D eigenvalue weighted by Gasteiger charge is -2.34. The van der Waals surface area contributed by atoms with E-state index in [1.165, 1.54) is 17.1 Å².